The van der Waals surface area contributed by atoms with Crippen LogP contribution in [0.4, 0.5) is 0 Å². The van der Waals surface area contributed by atoms with Gasteiger partial charge >= 0.3 is 5.97 Å². The Morgan fingerprint density at radius 2 is 2.25 bits per heavy atom. The Bertz CT molecular complexity index is 124. The van der Waals surface area contributed by atoms with E-state index in [4.69, 9.17) is 5.11 Å². The van der Waals surface area contributed by atoms with Gasteiger partial charge in [0.05, 0.1) is 0 Å². The van der Waals surface area contributed by atoms with Crippen LogP contribution in [0, 0.1) is 0 Å². The van der Waals surface area contributed by atoms with E-state index in [2.05, 4.69) is 5.32 Å². The molecule has 0 aliphatic carbocycles. The largest absolute Gasteiger partial charge is 0.480 e. The molecule has 0 fully saturated rings. The van der Waals surface area contributed by atoms with Crippen molar-refractivity contribution in [1.82, 2.24) is 5.32 Å². The van der Waals surface area contributed by atoms with Crippen molar-refractivity contribution in [3.63, 3.8) is 0 Å². The number of carbonyl (C=O) groups is 1. The maximum absolute atomic E-state index is 10.5. The van der Waals surface area contributed by atoms with Crippen molar-refractivity contribution < 1.29 is 9.90 Å². The van der Waals surface area contributed by atoms with Crippen molar-refractivity contribution in [3.8, 4) is 0 Å². The molecule has 0 amide bonds. The zero-order chi connectivity index (χ0) is 8.69. The predicted octanol–water partition coefficient (Wildman–Crippen LogP) is 1.22. The summed E-state index contributed by atoms with van der Waals surface area (Å²) in [5.41, 5.74) is 0. The first-order valence-corrected chi connectivity index (χ1v) is 5.06. The van der Waals surface area contributed by atoms with E-state index in [0.717, 1.165) is 5.75 Å². The van der Waals surface area contributed by atoms with E-state index in [1.54, 1.807) is 11.8 Å². The number of nitrogens with one attached hydrogen (secondary N) is 1. The van der Waals surface area contributed by atoms with Crippen LogP contribution in [-0.4, -0.2) is 35.7 Å². The normalized spacial score (nSPS) is 11.8. The lowest BCUT2D eigenvalue weighted by Crippen LogP contribution is -2.36. The van der Waals surface area contributed by atoms with E-state index >= 15 is 0 Å². The average molecular weight is 214 g/mol. The fraction of sp³-hybridized carbons (Fsp3) is 0.857. The number of carboxylic acids is 1. The topological polar surface area (TPSA) is 49.3 Å². The van der Waals surface area contributed by atoms with E-state index in [0.29, 0.717) is 13.0 Å². The Hall–Kier alpha value is 0.0700. The summed E-state index contributed by atoms with van der Waals surface area (Å²) < 4.78 is 0. The molecule has 0 bridgehead atoms. The Labute approximate surface area is 83.7 Å². The fourth-order valence-corrected chi connectivity index (χ4v) is 1.27. The number of likely N-dealkylation sites (N-methyl/N-ethyl adjacent to an activating group) is 1. The molecule has 0 saturated carbocycles. The highest BCUT2D eigenvalue weighted by Crippen LogP contribution is 2.00. The van der Waals surface area contributed by atoms with Gasteiger partial charge in [-0.25, -0.2) is 0 Å². The molecular weight excluding hydrogens is 198 g/mol. The minimum atomic E-state index is -0.749. The molecule has 0 radical (unpaired) electrons. The molecule has 0 saturated heterocycles. The van der Waals surface area contributed by atoms with Crippen LogP contribution < -0.4 is 5.32 Å². The number of halogens is 1. The van der Waals surface area contributed by atoms with Crippen LogP contribution >= 0.6 is 24.2 Å². The highest BCUT2D eigenvalue weighted by molar-refractivity contribution is 7.98. The first kappa shape index (κ1) is 14.6. The van der Waals surface area contributed by atoms with E-state index < -0.39 is 5.97 Å². The molecule has 1 atom stereocenters. The van der Waals surface area contributed by atoms with Crippen molar-refractivity contribution in [2.24, 2.45) is 0 Å². The molecular formula is C7H16ClNO2S. The highest BCUT2D eigenvalue weighted by Gasteiger charge is 2.14. The number of carboxylic acid groups (broad SMARTS) is 1. The van der Waals surface area contributed by atoms with Crippen LogP contribution in [0.5, 0.6) is 0 Å². The fourth-order valence-electron chi connectivity index (χ4n) is 0.795. The third kappa shape index (κ3) is 6.76. The number of rotatable bonds is 6. The van der Waals surface area contributed by atoms with Gasteiger partial charge in [0.25, 0.3) is 0 Å². The van der Waals surface area contributed by atoms with Crippen molar-refractivity contribution in [3.05, 3.63) is 0 Å². The van der Waals surface area contributed by atoms with Gasteiger partial charge in [-0.1, -0.05) is 6.92 Å². The summed E-state index contributed by atoms with van der Waals surface area (Å²) in [6.07, 6.45) is 2.68. The third-order valence-electron chi connectivity index (χ3n) is 1.36. The first-order chi connectivity index (χ1) is 5.22. The van der Waals surface area contributed by atoms with E-state index in [1.807, 2.05) is 13.2 Å². The SMILES string of the molecule is CCN[C@H](CCSC)C(=O)O.Cl. The third-order valence-corrected chi connectivity index (χ3v) is 2.00. The van der Waals surface area contributed by atoms with Crippen molar-refractivity contribution in [1.29, 1.82) is 0 Å². The Balaban J connectivity index is 0. The molecule has 2 N–H and O–H groups in total. The van der Waals surface area contributed by atoms with Crippen LogP contribution in [-0.2, 0) is 4.79 Å². The van der Waals surface area contributed by atoms with Gasteiger partial charge < -0.3 is 10.4 Å². The number of aliphatic carboxylic acids is 1. The van der Waals surface area contributed by atoms with E-state index in [1.165, 1.54) is 0 Å². The summed E-state index contributed by atoms with van der Waals surface area (Å²) in [5, 5.41) is 11.6. The molecule has 0 aromatic rings. The molecule has 12 heavy (non-hydrogen) atoms. The number of hydrogen-bond acceptors (Lipinski definition) is 3. The monoisotopic (exact) mass is 213 g/mol. The molecule has 0 unspecified atom stereocenters. The summed E-state index contributed by atoms with van der Waals surface area (Å²) in [4.78, 5) is 10.5. The minimum absolute atomic E-state index is 0. The van der Waals surface area contributed by atoms with Crippen LogP contribution in [0.2, 0.25) is 0 Å². The molecule has 0 spiro atoms. The second-order valence-corrected chi connectivity index (χ2v) is 3.22. The average Bonchev–Trinajstić information content (AvgIpc) is 1.97. The van der Waals surface area contributed by atoms with Gasteiger partial charge in [0, 0.05) is 0 Å². The molecule has 74 valence electrons. The number of hydrogen-bond donors (Lipinski definition) is 2. The van der Waals surface area contributed by atoms with Crippen LogP contribution in [0.15, 0.2) is 0 Å². The smallest absolute Gasteiger partial charge is 0.320 e. The minimum Gasteiger partial charge on any atom is -0.480 e. The standard InChI is InChI=1S/C7H15NO2S.ClH/c1-3-8-6(7(9)10)4-5-11-2;/h6,8H,3-5H2,1-2H3,(H,9,10);1H/t6-;/m1./s1. The summed E-state index contributed by atoms with van der Waals surface area (Å²) in [5.74, 6) is 0.144. The molecule has 5 heteroatoms. The van der Waals surface area contributed by atoms with Crippen molar-refractivity contribution in [2.45, 2.75) is 19.4 Å². The van der Waals surface area contributed by atoms with Crippen LogP contribution in [0.3, 0.4) is 0 Å². The van der Waals surface area contributed by atoms with Crippen LogP contribution in [0.25, 0.3) is 0 Å². The lowest BCUT2D eigenvalue weighted by atomic mass is 10.2. The lowest BCUT2D eigenvalue weighted by Gasteiger charge is -2.11. The van der Waals surface area contributed by atoms with Gasteiger partial charge in [0.1, 0.15) is 6.04 Å². The van der Waals surface area contributed by atoms with E-state index in [9.17, 15) is 4.79 Å². The zero-order valence-corrected chi connectivity index (χ0v) is 9.00. The summed E-state index contributed by atoms with van der Waals surface area (Å²) in [6, 6.07) is -0.368. The van der Waals surface area contributed by atoms with Crippen molar-refractivity contribution >= 4 is 30.1 Å². The summed E-state index contributed by atoms with van der Waals surface area (Å²) in [7, 11) is 0. The molecule has 0 rings (SSSR count). The Morgan fingerprint density at radius 1 is 1.67 bits per heavy atom. The van der Waals surface area contributed by atoms with Gasteiger partial charge in [-0.3, -0.25) is 4.79 Å². The summed E-state index contributed by atoms with van der Waals surface area (Å²) in [6.45, 7) is 2.63. The lowest BCUT2D eigenvalue weighted by molar-refractivity contribution is -0.139. The Morgan fingerprint density at radius 3 is 2.58 bits per heavy atom. The molecule has 0 aromatic heterocycles. The van der Waals surface area contributed by atoms with Gasteiger partial charge in [0.15, 0.2) is 0 Å². The first-order valence-electron chi connectivity index (χ1n) is 3.67. The van der Waals surface area contributed by atoms with Crippen molar-refractivity contribution in [2.75, 3.05) is 18.6 Å². The maximum atomic E-state index is 10.5. The second-order valence-electron chi connectivity index (χ2n) is 2.23. The second kappa shape index (κ2) is 9.16. The molecule has 3 nitrogen and oxygen atoms in total. The molecule has 0 aliphatic heterocycles. The van der Waals surface area contributed by atoms with Gasteiger partial charge in [-0.05, 0) is 25.0 Å². The van der Waals surface area contributed by atoms with Gasteiger partial charge in [-0.2, -0.15) is 11.8 Å². The summed E-state index contributed by atoms with van der Waals surface area (Å²) >= 11 is 1.67. The zero-order valence-electron chi connectivity index (χ0n) is 7.37. The molecule has 0 aromatic carbocycles. The van der Waals surface area contributed by atoms with Gasteiger partial charge in [0.2, 0.25) is 0 Å². The number of thioether (sulfide) groups is 1. The maximum Gasteiger partial charge on any atom is 0.320 e. The molecule has 0 aliphatic rings. The Kier molecular flexibility index (Phi) is 11.1. The predicted molar refractivity (Wildman–Crippen MR) is 55.3 cm³/mol. The quantitative estimate of drug-likeness (QED) is 0.697. The van der Waals surface area contributed by atoms with E-state index in [-0.39, 0.29) is 18.4 Å². The van der Waals surface area contributed by atoms with Gasteiger partial charge in [-0.15, -0.1) is 12.4 Å². The highest BCUT2D eigenvalue weighted by atomic mass is 35.5. The van der Waals surface area contributed by atoms with Crippen LogP contribution in [0.1, 0.15) is 13.3 Å². The molecule has 0 heterocycles.